The highest BCUT2D eigenvalue weighted by atomic mass is 32.2. The highest BCUT2D eigenvalue weighted by Gasteiger charge is 2.30. The fourth-order valence-electron chi connectivity index (χ4n) is 2.29. The van der Waals surface area contributed by atoms with Crippen molar-refractivity contribution in [3.05, 3.63) is 71.5 Å². The van der Waals surface area contributed by atoms with Crippen LogP contribution in [0.2, 0.25) is 0 Å². The summed E-state index contributed by atoms with van der Waals surface area (Å²) in [7, 11) is -3.95. The van der Waals surface area contributed by atoms with E-state index in [0.29, 0.717) is 6.42 Å². The van der Waals surface area contributed by atoms with Crippen LogP contribution in [-0.2, 0) is 16.6 Å². The zero-order chi connectivity index (χ0) is 16.6. The van der Waals surface area contributed by atoms with Crippen LogP contribution in [0, 0.1) is 5.82 Å². The molecule has 0 saturated heterocycles. The Bertz CT molecular complexity index is 879. The molecule has 120 valence electrons. The molecule has 0 spiro atoms. The van der Waals surface area contributed by atoms with Crippen molar-refractivity contribution in [1.82, 2.24) is 4.72 Å². The van der Waals surface area contributed by atoms with Gasteiger partial charge in [0.1, 0.15) is 17.3 Å². The summed E-state index contributed by atoms with van der Waals surface area (Å²) in [4.78, 5) is 0. The third-order valence-electron chi connectivity index (χ3n) is 3.33. The summed E-state index contributed by atoms with van der Waals surface area (Å²) in [5, 5.41) is 19.4. The lowest BCUT2D eigenvalue weighted by molar-refractivity contribution is 0.392. The Morgan fingerprint density at radius 2 is 1.70 bits per heavy atom. The van der Waals surface area contributed by atoms with Crippen LogP contribution in [-0.4, -0.2) is 18.6 Å². The lowest BCUT2D eigenvalue weighted by Crippen LogP contribution is -2.29. The van der Waals surface area contributed by atoms with Crippen molar-refractivity contribution in [2.45, 2.75) is 6.42 Å². The van der Waals surface area contributed by atoms with Gasteiger partial charge in [-0.15, -0.1) is 0 Å². The SMILES string of the molecule is O=S1(=O)NC(O)=CN1c1ccc(Cc2ccc(F)cc2)cc1O. The number of aromatic hydroxyl groups is 1. The van der Waals surface area contributed by atoms with Gasteiger partial charge in [-0.05, 0) is 41.8 Å². The topological polar surface area (TPSA) is 89.9 Å². The molecule has 0 aliphatic carbocycles. The van der Waals surface area contributed by atoms with Crippen molar-refractivity contribution >= 4 is 15.9 Å². The molecule has 2 aromatic rings. The summed E-state index contributed by atoms with van der Waals surface area (Å²) >= 11 is 0. The minimum Gasteiger partial charge on any atom is -0.506 e. The second-order valence-corrected chi connectivity index (χ2v) is 6.59. The highest BCUT2D eigenvalue weighted by molar-refractivity contribution is 7.91. The molecule has 0 amide bonds. The fraction of sp³-hybridized carbons (Fsp3) is 0.0667. The molecule has 0 atom stereocenters. The first-order valence-corrected chi connectivity index (χ1v) is 8.08. The van der Waals surface area contributed by atoms with Gasteiger partial charge < -0.3 is 10.2 Å². The molecule has 0 aromatic heterocycles. The summed E-state index contributed by atoms with van der Waals surface area (Å²) in [6.07, 6.45) is 1.42. The van der Waals surface area contributed by atoms with Crippen molar-refractivity contribution in [3.8, 4) is 5.75 Å². The number of anilines is 1. The third-order valence-corrected chi connectivity index (χ3v) is 4.62. The molecule has 0 fully saturated rings. The van der Waals surface area contributed by atoms with Gasteiger partial charge in [0.2, 0.25) is 5.88 Å². The van der Waals surface area contributed by atoms with Crippen molar-refractivity contribution in [2.75, 3.05) is 4.31 Å². The Balaban J connectivity index is 1.88. The minimum atomic E-state index is -3.95. The van der Waals surface area contributed by atoms with Gasteiger partial charge in [-0.3, -0.25) is 0 Å². The van der Waals surface area contributed by atoms with Crippen LogP contribution in [0.5, 0.6) is 5.75 Å². The van der Waals surface area contributed by atoms with Crippen LogP contribution in [0.15, 0.2) is 54.5 Å². The number of hydrogen-bond donors (Lipinski definition) is 3. The average molecular weight is 336 g/mol. The van der Waals surface area contributed by atoms with Gasteiger partial charge in [0.05, 0.1) is 6.20 Å². The van der Waals surface area contributed by atoms with Crippen molar-refractivity contribution < 1.29 is 23.0 Å². The molecule has 1 heterocycles. The molecule has 8 heteroatoms. The number of benzene rings is 2. The van der Waals surface area contributed by atoms with E-state index in [1.54, 1.807) is 18.2 Å². The lowest BCUT2D eigenvalue weighted by Gasteiger charge is -2.16. The van der Waals surface area contributed by atoms with E-state index in [4.69, 9.17) is 0 Å². The number of aliphatic hydroxyl groups is 1. The molecular formula is C15H13FN2O4S. The Morgan fingerprint density at radius 1 is 1.04 bits per heavy atom. The third kappa shape index (κ3) is 3.07. The summed E-state index contributed by atoms with van der Waals surface area (Å²) in [6.45, 7) is 0. The molecule has 0 radical (unpaired) electrons. The van der Waals surface area contributed by atoms with Crippen molar-refractivity contribution in [2.24, 2.45) is 0 Å². The maximum absolute atomic E-state index is 12.9. The van der Waals surface area contributed by atoms with Gasteiger partial charge in [-0.1, -0.05) is 18.2 Å². The van der Waals surface area contributed by atoms with E-state index < -0.39 is 16.1 Å². The Morgan fingerprint density at radius 3 is 2.26 bits per heavy atom. The summed E-state index contributed by atoms with van der Waals surface area (Å²) in [5.41, 5.74) is 1.60. The van der Waals surface area contributed by atoms with E-state index in [0.717, 1.165) is 21.6 Å². The minimum absolute atomic E-state index is 0.0180. The van der Waals surface area contributed by atoms with Gasteiger partial charge >= 0.3 is 10.2 Å². The Hall–Kier alpha value is -2.74. The molecule has 1 aliphatic rings. The smallest absolute Gasteiger partial charge is 0.330 e. The molecule has 6 nitrogen and oxygen atoms in total. The average Bonchev–Trinajstić information content (AvgIpc) is 2.74. The molecule has 0 saturated carbocycles. The van der Waals surface area contributed by atoms with Crippen LogP contribution < -0.4 is 9.03 Å². The van der Waals surface area contributed by atoms with E-state index in [-0.39, 0.29) is 17.3 Å². The Kier molecular flexibility index (Phi) is 3.61. The number of halogens is 1. The zero-order valence-corrected chi connectivity index (χ0v) is 12.6. The Labute approximate surface area is 132 Å². The normalized spacial score (nSPS) is 16.0. The molecule has 3 N–H and O–H groups in total. The second kappa shape index (κ2) is 5.47. The van der Waals surface area contributed by atoms with E-state index in [1.165, 1.54) is 24.3 Å². The van der Waals surface area contributed by atoms with Crippen LogP contribution in [0.25, 0.3) is 0 Å². The van der Waals surface area contributed by atoms with E-state index in [9.17, 15) is 23.0 Å². The fourth-order valence-corrected chi connectivity index (χ4v) is 3.36. The number of rotatable bonds is 3. The van der Waals surface area contributed by atoms with E-state index >= 15 is 0 Å². The number of hydrogen-bond acceptors (Lipinski definition) is 4. The largest absolute Gasteiger partial charge is 0.506 e. The van der Waals surface area contributed by atoms with Gasteiger partial charge in [0.15, 0.2) is 0 Å². The summed E-state index contributed by atoms with van der Waals surface area (Å²) in [6, 6.07) is 10.5. The quantitative estimate of drug-likeness (QED) is 0.801. The molecular weight excluding hydrogens is 323 g/mol. The first kappa shape index (κ1) is 15.2. The van der Waals surface area contributed by atoms with Gasteiger partial charge in [-0.2, -0.15) is 8.42 Å². The molecule has 23 heavy (non-hydrogen) atoms. The standard InChI is InChI=1S/C15H13FN2O4S/c16-12-4-1-10(2-5-12)7-11-3-6-13(14(19)8-11)18-9-15(20)17-23(18,21)22/h1-6,8-9,17,19-20H,7H2. The lowest BCUT2D eigenvalue weighted by atomic mass is 10.0. The molecule has 0 bridgehead atoms. The molecule has 3 rings (SSSR count). The number of phenolic OH excluding ortho intramolecular Hbond substituents is 1. The monoisotopic (exact) mass is 336 g/mol. The van der Waals surface area contributed by atoms with E-state index in [2.05, 4.69) is 0 Å². The van der Waals surface area contributed by atoms with Gasteiger partial charge in [0, 0.05) is 0 Å². The predicted molar refractivity (Wildman–Crippen MR) is 82.6 cm³/mol. The molecule has 1 aliphatic heterocycles. The maximum Gasteiger partial charge on any atom is 0.330 e. The number of aliphatic hydroxyl groups excluding tert-OH is 1. The number of phenols is 1. The van der Waals surface area contributed by atoms with E-state index in [1.807, 2.05) is 4.72 Å². The van der Waals surface area contributed by atoms with Crippen LogP contribution in [0.3, 0.4) is 0 Å². The zero-order valence-electron chi connectivity index (χ0n) is 11.8. The maximum atomic E-state index is 12.9. The first-order chi connectivity index (χ1) is 10.8. The van der Waals surface area contributed by atoms with Crippen molar-refractivity contribution in [1.29, 1.82) is 0 Å². The first-order valence-electron chi connectivity index (χ1n) is 6.64. The summed E-state index contributed by atoms with van der Waals surface area (Å²) < 4.78 is 39.1. The highest BCUT2D eigenvalue weighted by Crippen LogP contribution is 2.32. The van der Waals surface area contributed by atoms with Crippen LogP contribution >= 0.6 is 0 Å². The van der Waals surface area contributed by atoms with Crippen molar-refractivity contribution in [3.63, 3.8) is 0 Å². The van der Waals surface area contributed by atoms with Crippen LogP contribution in [0.4, 0.5) is 10.1 Å². The predicted octanol–water partition coefficient (Wildman–Crippen LogP) is 2.13. The number of nitrogens with one attached hydrogen (secondary N) is 1. The van der Waals surface area contributed by atoms with Crippen LogP contribution in [0.1, 0.15) is 11.1 Å². The summed E-state index contributed by atoms with van der Waals surface area (Å²) in [5.74, 6) is -1.11. The second-order valence-electron chi connectivity index (χ2n) is 5.04. The van der Waals surface area contributed by atoms with Gasteiger partial charge in [0.25, 0.3) is 0 Å². The van der Waals surface area contributed by atoms with Gasteiger partial charge in [-0.25, -0.2) is 13.4 Å². The number of nitrogens with zero attached hydrogens (tertiary/aromatic N) is 1. The molecule has 2 aromatic carbocycles. The molecule has 0 unspecified atom stereocenters.